The fourth-order valence-electron chi connectivity index (χ4n) is 1.37. The van der Waals surface area contributed by atoms with Crippen molar-refractivity contribution in [2.24, 2.45) is 0 Å². The van der Waals surface area contributed by atoms with E-state index in [0.29, 0.717) is 17.9 Å². The van der Waals surface area contributed by atoms with E-state index in [9.17, 15) is 4.79 Å². The van der Waals surface area contributed by atoms with Gasteiger partial charge in [0.05, 0.1) is 5.02 Å². The summed E-state index contributed by atoms with van der Waals surface area (Å²) in [4.78, 5) is 15.6. The zero-order valence-electron chi connectivity index (χ0n) is 8.87. The highest BCUT2D eigenvalue weighted by atomic mass is 35.5. The first-order valence-electron chi connectivity index (χ1n) is 4.83. The molecule has 0 aliphatic heterocycles. The van der Waals surface area contributed by atoms with Crippen molar-refractivity contribution in [3.63, 3.8) is 0 Å². The standard InChI is InChI=1S/C11H14ClNO2/c1-3-11(15-2)10(14)6-8-4-5-13-7-9(8)12/h4-5,7,11H,3,6H2,1-2H3. The Hall–Kier alpha value is -0.930. The molecule has 0 radical (unpaired) electrons. The molecule has 1 rings (SSSR count). The van der Waals surface area contributed by atoms with Crippen molar-refractivity contribution in [1.82, 2.24) is 4.98 Å². The van der Waals surface area contributed by atoms with Gasteiger partial charge in [-0.25, -0.2) is 0 Å². The SMILES string of the molecule is CCC(OC)C(=O)Cc1ccncc1Cl. The largest absolute Gasteiger partial charge is 0.374 e. The number of Topliss-reactive ketones (excluding diaryl/α,β-unsaturated/α-hetero) is 1. The Morgan fingerprint density at radius 1 is 1.67 bits per heavy atom. The summed E-state index contributed by atoms with van der Waals surface area (Å²) in [5, 5.41) is 0.525. The van der Waals surface area contributed by atoms with Crippen LogP contribution in [0.15, 0.2) is 18.5 Å². The fraction of sp³-hybridized carbons (Fsp3) is 0.455. The van der Waals surface area contributed by atoms with Crippen LogP contribution in [0.3, 0.4) is 0 Å². The predicted octanol–water partition coefficient (Wildman–Crippen LogP) is 2.27. The highest BCUT2D eigenvalue weighted by Crippen LogP contribution is 2.15. The van der Waals surface area contributed by atoms with Crippen molar-refractivity contribution in [2.45, 2.75) is 25.9 Å². The van der Waals surface area contributed by atoms with Crippen LogP contribution < -0.4 is 0 Å². The van der Waals surface area contributed by atoms with Crippen LogP contribution in [0.1, 0.15) is 18.9 Å². The van der Waals surface area contributed by atoms with Gasteiger partial charge < -0.3 is 4.74 Å². The molecular formula is C11H14ClNO2. The van der Waals surface area contributed by atoms with Gasteiger partial charge in [-0.2, -0.15) is 0 Å². The zero-order chi connectivity index (χ0) is 11.3. The normalized spacial score (nSPS) is 12.5. The number of nitrogens with zero attached hydrogens (tertiary/aromatic N) is 1. The summed E-state index contributed by atoms with van der Waals surface area (Å²) in [6.07, 6.45) is 3.81. The molecule has 0 N–H and O–H groups in total. The van der Waals surface area contributed by atoms with Gasteiger partial charge in [-0.3, -0.25) is 9.78 Å². The fourth-order valence-corrected chi connectivity index (χ4v) is 1.56. The van der Waals surface area contributed by atoms with Gasteiger partial charge in [0.2, 0.25) is 0 Å². The van der Waals surface area contributed by atoms with Crippen molar-refractivity contribution in [2.75, 3.05) is 7.11 Å². The summed E-state index contributed by atoms with van der Waals surface area (Å²) in [6, 6.07) is 1.75. The van der Waals surface area contributed by atoms with Crippen molar-refractivity contribution < 1.29 is 9.53 Å². The number of halogens is 1. The first-order chi connectivity index (χ1) is 7.19. The van der Waals surface area contributed by atoms with Gasteiger partial charge in [0.25, 0.3) is 0 Å². The van der Waals surface area contributed by atoms with Crippen LogP contribution in [0.5, 0.6) is 0 Å². The number of rotatable bonds is 5. The third-order valence-electron chi connectivity index (χ3n) is 2.24. The minimum Gasteiger partial charge on any atom is -0.374 e. The Kier molecular flexibility index (Phi) is 4.72. The molecular weight excluding hydrogens is 214 g/mol. The van der Waals surface area contributed by atoms with Gasteiger partial charge in [-0.05, 0) is 18.1 Å². The molecule has 0 spiro atoms. The summed E-state index contributed by atoms with van der Waals surface area (Å²) >= 11 is 5.90. The molecule has 0 bridgehead atoms. The maximum atomic E-state index is 11.7. The van der Waals surface area contributed by atoms with E-state index < -0.39 is 0 Å². The molecule has 0 aliphatic rings. The molecule has 0 amide bonds. The molecule has 1 atom stereocenters. The minimum absolute atomic E-state index is 0.0492. The molecule has 1 aromatic heterocycles. The first kappa shape index (κ1) is 12.1. The lowest BCUT2D eigenvalue weighted by Gasteiger charge is -2.11. The summed E-state index contributed by atoms with van der Waals surface area (Å²) in [5.74, 6) is 0.0492. The molecule has 15 heavy (non-hydrogen) atoms. The Labute approximate surface area is 94.4 Å². The summed E-state index contributed by atoms with van der Waals surface area (Å²) in [6.45, 7) is 1.92. The Balaban J connectivity index is 2.70. The van der Waals surface area contributed by atoms with Gasteiger partial charge >= 0.3 is 0 Å². The summed E-state index contributed by atoms with van der Waals surface area (Å²) < 4.78 is 5.07. The van der Waals surface area contributed by atoms with Gasteiger partial charge in [0.1, 0.15) is 6.10 Å². The molecule has 1 heterocycles. The number of hydrogen-bond acceptors (Lipinski definition) is 3. The Morgan fingerprint density at radius 2 is 2.40 bits per heavy atom. The maximum absolute atomic E-state index is 11.7. The van der Waals surface area contributed by atoms with E-state index in [0.717, 1.165) is 5.56 Å². The highest BCUT2D eigenvalue weighted by molar-refractivity contribution is 6.31. The van der Waals surface area contributed by atoms with Gasteiger partial charge in [-0.1, -0.05) is 18.5 Å². The second kappa shape index (κ2) is 5.83. The number of ether oxygens (including phenoxy) is 1. The lowest BCUT2D eigenvalue weighted by molar-refractivity contribution is -0.128. The monoisotopic (exact) mass is 227 g/mol. The highest BCUT2D eigenvalue weighted by Gasteiger charge is 2.16. The first-order valence-corrected chi connectivity index (χ1v) is 5.20. The molecule has 0 fully saturated rings. The molecule has 0 saturated heterocycles. The number of methoxy groups -OCH3 is 1. The maximum Gasteiger partial charge on any atom is 0.165 e. The smallest absolute Gasteiger partial charge is 0.165 e. The van der Waals surface area contributed by atoms with E-state index in [1.165, 1.54) is 6.20 Å². The van der Waals surface area contributed by atoms with E-state index in [1.807, 2.05) is 6.92 Å². The average Bonchev–Trinajstić information content (AvgIpc) is 2.23. The molecule has 0 aromatic carbocycles. The number of aromatic nitrogens is 1. The van der Waals surface area contributed by atoms with Crippen LogP contribution >= 0.6 is 11.6 Å². The molecule has 1 unspecified atom stereocenters. The van der Waals surface area contributed by atoms with E-state index in [1.54, 1.807) is 19.4 Å². The second-order valence-corrected chi connectivity index (χ2v) is 3.65. The Bertz CT molecular complexity index is 337. The van der Waals surface area contributed by atoms with Crippen molar-refractivity contribution in [1.29, 1.82) is 0 Å². The van der Waals surface area contributed by atoms with Crippen LogP contribution in [0.2, 0.25) is 5.02 Å². The Morgan fingerprint density at radius 3 is 2.93 bits per heavy atom. The lowest BCUT2D eigenvalue weighted by Crippen LogP contribution is -2.23. The third kappa shape index (κ3) is 3.29. The molecule has 0 saturated carbocycles. The molecule has 0 aliphatic carbocycles. The summed E-state index contributed by atoms with van der Waals surface area (Å²) in [7, 11) is 1.54. The van der Waals surface area contributed by atoms with Gasteiger partial charge in [0.15, 0.2) is 5.78 Å². The van der Waals surface area contributed by atoms with Crippen LogP contribution in [0, 0.1) is 0 Å². The van der Waals surface area contributed by atoms with Crippen LogP contribution in [-0.2, 0) is 16.0 Å². The predicted molar refractivity (Wildman–Crippen MR) is 59.0 cm³/mol. The summed E-state index contributed by atoms with van der Waals surface area (Å²) in [5.41, 5.74) is 0.798. The number of carbonyl (C=O) groups excluding carboxylic acids is 1. The number of pyridine rings is 1. The number of hydrogen-bond donors (Lipinski definition) is 0. The minimum atomic E-state index is -0.339. The molecule has 4 heteroatoms. The van der Waals surface area contributed by atoms with Gasteiger partial charge in [0, 0.05) is 25.9 Å². The quantitative estimate of drug-likeness (QED) is 0.775. The van der Waals surface area contributed by atoms with Crippen LogP contribution in [0.4, 0.5) is 0 Å². The third-order valence-corrected chi connectivity index (χ3v) is 2.58. The van der Waals surface area contributed by atoms with E-state index in [2.05, 4.69) is 4.98 Å². The lowest BCUT2D eigenvalue weighted by atomic mass is 10.1. The number of ketones is 1. The van der Waals surface area contributed by atoms with Crippen LogP contribution in [0.25, 0.3) is 0 Å². The van der Waals surface area contributed by atoms with E-state index >= 15 is 0 Å². The average molecular weight is 228 g/mol. The van der Waals surface area contributed by atoms with Crippen molar-refractivity contribution >= 4 is 17.4 Å². The van der Waals surface area contributed by atoms with E-state index in [-0.39, 0.29) is 11.9 Å². The van der Waals surface area contributed by atoms with Gasteiger partial charge in [-0.15, -0.1) is 0 Å². The van der Waals surface area contributed by atoms with E-state index in [4.69, 9.17) is 16.3 Å². The topological polar surface area (TPSA) is 39.2 Å². The zero-order valence-corrected chi connectivity index (χ0v) is 9.62. The molecule has 1 aromatic rings. The second-order valence-electron chi connectivity index (χ2n) is 3.24. The van der Waals surface area contributed by atoms with Crippen LogP contribution in [-0.4, -0.2) is 24.0 Å². The molecule has 3 nitrogen and oxygen atoms in total. The molecule has 82 valence electrons. The van der Waals surface area contributed by atoms with Crippen molar-refractivity contribution in [3.8, 4) is 0 Å². The van der Waals surface area contributed by atoms with Crippen molar-refractivity contribution in [3.05, 3.63) is 29.0 Å². The number of carbonyl (C=O) groups is 1.